The highest BCUT2D eigenvalue weighted by Gasteiger charge is 2.49. The molecule has 3 fully saturated rings. The first-order chi connectivity index (χ1) is 22.0. The number of benzene rings is 2. The molecule has 4 aromatic rings. The Morgan fingerprint density at radius 2 is 1.96 bits per heavy atom. The number of nitrogens with one attached hydrogen (secondary N) is 1. The second-order valence-electron chi connectivity index (χ2n) is 13.6. The van der Waals surface area contributed by atoms with Crippen LogP contribution in [0.4, 0.5) is 19.4 Å². The summed E-state index contributed by atoms with van der Waals surface area (Å²) in [5.41, 5.74) is -0.341. The van der Waals surface area contributed by atoms with E-state index in [9.17, 15) is 9.18 Å². The van der Waals surface area contributed by atoms with Gasteiger partial charge in [0, 0.05) is 54.3 Å². The molecule has 5 heterocycles. The molecule has 9 nitrogen and oxygen atoms in total. The number of rotatable bonds is 6. The van der Waals surface area contributed by atoms with Crippen LogP contribution in [0.25, 0.3) is 32.9 Å². The topological polar surface area (TPSA) is 92.7 Å². The number of anilines is 1. The summed E-state index contributed by atoms with van der Waals surface area (Å²) in [5.74, 6) is -0.284. The molecule has 0 radical (unpaired) electrons. The molecule has 3 atom stereocenters. The van der Waals surface area contributed by atoms with Crippen molar-refractivity contribution in [3.05, 3.63) is 53.4 Å². The van der Waals surface area contributed by atoms with E-state index in [0.717, 1.165) is 24.8 Å². The summed E-state index contributed by atoms with van der Waals surface area (Å²) in [7, 11) is 0. The standard InChI is InChI=1S/C34H37ClF2N6O3/c1-33(2,3)46-32(44)42-14-11-22(18-42)39-30-24-16-38-28(23-9-4-7-20-8-5-10-25(35)26(20)23)27(37)29(24)40-31(41-30)45-19-34-12-6-13-43(34)17-21(36)15-34/h4-5,7-10,16,21-22H,6,11-15,17-19H2,1-3H3,(H,39,40,41)/t21-,22?,34+/m1/s1. The number of likely N-dealkylation sites (tertiary alicyclic amines) is 1. The zero-order valence-corrected chi connectivity index (χ0v) is 26.9. The lowest BCUT2D eigenvalue weighted by Crippen LogP contribution is -2.43. The summed E-state index contributed by atoms with van der Waals surface area (Å²) in [6.07, 6.45) is 3.07. The van der Waals surface area contributed by atoms with Crippen molar-refractivity contribution in [3.8, 4) is 17.3 Å². The number of alkyl halides is 1. The van der Waals surface area contributed by atoms with Gasteiger partial charge in [-0.15, -0.1) is 0 Å². The molecule has 0 spiro atoms. The second-order valence-corrected chi connectivity index (χ2v) is 14.0. The van der Waals surface area contributed by atoms with Crippen LogP contribution in [0.3, 0.4) is 0 Å². The largest absolute Gasteiger partial charge is 0.461 e. The molecule has 1 unspecified atom stereocenters. The van der Waals surface area contributed by atoms with Crippen LogP contribution < -0.4 is 10.1 Å². The number of hydrogen-bond acceptors (Lipinski definition) is 8. The van der Waals surface area contributed by atoms with Gasteiger partial charge in [-0.25, -0.2) is 13.6 Å². The SMILES string of the molecule is CC(C)(C)OC(=O)N1CCC(Nc2nc(OC[C@@]34CCCN3C[C@H](F)C4)nc3c(F)c(-c4cccc5cccc(Cl)c45)ncc23)C1. The van der Waals surface area contributed by atoms with Crippen molar-refractivity contribution in [2.45, 2.75) is 69.8 Å². The summed E-state index contributed by atoms with van der Waals surface area (Å²) in [5, 5.41) is 5.81. The van der Waals surface area contributed by atoms with E-state index in [1.807, 2.05) is 45.0 Å². The fourth-order valence-electron chi connectivity index (χ4n) is 7.10. The van der Waals surface area contributed by atoms with Crippen molar-refractivity contribution in [1.82, 2.24) is 24.8 Å². The molecule has 46 heavy (non-hydrogen) atoms. The zero-order chi connectivity index (χ0) is 32.2. The fraction of sp³-hybridized carbons (Fsp3) is 0.471. The summed E-state index contributed by atoms with van der Waals surface area (Å²) in [6, 6.07) is 10.9. The lowest BCUT2D eigenvalue weighted by Gasteiger charge is -2.30. The van der Waals surface area contributed by atoms with Gasteiger partial charge in [0.1, 0.15) is 35.4 Å². The Hall–Kier alpha value is -3.83. The van der Waals surface area contributed by atoms with Crippen molar-refractivity contribution in [3.63, 3.8) is 0 Å². The van der Waals surface area contributed by atoms with E-state index >= 15 is 4.39 Å². The molecule has 3 aliphatic rings. The van der Waals surface area contributed by atoms with Crippen molar-refractivity contribution >= 4 is 45.2 Å². The molecule has 3 saturated heterocycles. The van der Waals surface area contributed by atoms with Gasteiger partial charge in [-0.1, -0.05) is 41.9 Å². The van der Waals surface area contributed by atoms with Crippen LogP contribution in [0.5, 0.6) is 6.01 Å². The van der Waals surface area contributed by atoms with Crippen LogP contribution in [0.2, 0.25) is 5.02 Å². The van der Waals surface area contributed by atoms with E-state index in [1.165, 1.54) is 0 Å². The second kappa shape index (κ2) is 11.8. The van der Waals surface area contributed by atoms with Crippen LogP contribution in [0.1, 0.15) is 46.5 Å². The first-order valence-corrected chi connectivity index (χ1v) is 16.2. The molecule has 0 saturated carbocycles. The van der Waals surface area contributed by atoms with E-state index in [0.29, 0.717) is 59.7 Å². The number of nitrogens with zero attached hydrogens (tertiary/aromatic N) is 5. The van der Waals surface area contributed by atoms with Gasteiger partial charge in [-0.2, -0.15) is 9.97 Å². The Kier molecular flexibility index (Phi) is 7.87. The lowest BCUT2D eigenvalue weighted by atomic mass is 9.95. The molecule has 1 N–H and O–H groups in total. The maximum absolute atomic E-state index is 16.6. The number of halogens is 3. The molecule has 0 aliphatic carbocycles. The normalized spacial score (nSPS) is 23.3. The van der Waals surface area contributed by atoms with Crippen molar-refractivity contribution in [1.29, 1.82) is 0 Å². The molecule has 3 aliphatic heterocycles. The minimum atomic E-state index is -0.910. The maximum Gasteiger partial charge on any atom is 0.410 e. The van der Waals surface area contributed by atoms with E-state index in [4.69, 9.17) is 21.1 Å². The Labute approximate surface area is 271 Å². The van der Waals surface area contributed by atoms with Gasteiger partial charge in [0.05, 0.1) is 10.9 Å². The van der Waals surface area contributed by atoms with Gasteiger partial charge in [0.2, 0.25) is 0 Å². The molecule has 1 amide bonds. The van der Waals surface area contributed by atoms with Gasteiger partial charge in [0.25, 0.3) is 0 Å². The molecular formula is C34H37ClF2N6O3. The van der Waals surface area contributed by atoms with Crippen LogP contribution in [0, 0.1) is 5.82 Å². The quantitative estimate of drug-likeness (QED) is 0.238. The minimum Gasteiger partial charge on any atom is -0.461 e. The first kappa shape index (κ1) is 30.8. The number of carbonyl (C=O) groups excluding carboxylic acids is 1. The summed E-state index contributed by atoms with van der Waals surface area (Å²) in [4.78, 5) is 30.3. The van der Waals surface area contributed by atoms with Gasteiger partial charge < -0.3 is 19.7 Å². The number of amides is 1. The molecule has 7 rings (SSSR count). The Balaban J connectivity index is 1.25. The Morgan fingerprint density at radius 3 is 2.76 bits per heavy atom. The van der Waals surface area contributed by atoms with E-state index in [-0.39, 0.29) is 36.0 Å². The first-order valence-electron chi connectivity index (χ1n) is 15.8. The smallest absolute Gasteiger partial charge is 0.410 e. The average molecular weight is 651 g/mol. The van der Waals surface area contributed by atoms with Gasteiger partial charge in [-0.3, -0.25) is 9.88 Å². The summed E-state index contributed by atoms with van der Waals surface area (Å²) in [6.45, 7) is 7.79. The number of pyridine rings is 1. The average Bonchev–Trinajstić information content (AvgIpc) is 3.70. The van der Waals surface area contributed by atoms with Crippen molar-refractivity contribution in [2.75, 3.05) is 38.1 Å². The van der Waals surface area contributed by atoms with E-state index in [2.05, 4.69) is 25.2 Å². The molecule has 12 heteroatoms. The molecule has 2 aromatic heterocycles. The Morgan fingerprint density at radius 1 is 1.15 bits per heavy atom. The molecule has 242 valence electrons. The highest BCUT2D eigenvalue weighted by atomic mass is 35.5. The highest BCUT2D eigenvalue weighted by molar-refractivity contribution is 6.36. The monoisotopic (exact) mass is 650 g/mol. The molecular weight excluding hydrogens is 614 g/mol. The van der Waals surface area contributed by atoms with Crippen LogP contribution in [-0.2, 0) is 4.74 Å². The van der Waals surface area contributed by atoms with E-state index < -0.39 is 23.1 Å². The lowest BCUT2D eigenvalue weighted by molar-refractivity contribution is 0.0293. The Bertz CT molecular complexity index is 1810. The van der Waals surface area contributed by atoms with Crippen LogP contribution in [-0.4, -0.2) is 87.0 Å². The third-order valence-corrected chi connectivity index (χ3v) is 9.50. The molecule has 2 aromatic carbocycles. The highest BCUT2D eigenvalue weighted by Crippen LogP contribution is 2.41. The van der Waals surface area contributed by atoms with E-state index in [1.54, 1.807) is 23.2 Å². The number of ether oxygens (including phenoxy) is 2. The number of fused-ring (bicyclic) bond motifs is 3. The summed E-state index contributed by atoms with van der Waals surface area (Å²) >= 11 is 6.58. The van der Waals surface area contributed by atoms with Gasteiger partial charge in [-0.05, 0) is 58.0 Å². The zero-order valence-electron chi connectivity index (χ0n) is 26.2. The third-order valence-electron chi connectivity index (χ3n) is 9.18. The fourth-order valence-corrected chi connectivity index (χ4v) is 7.39. The van der Waals surface area contributed by atoms with Crippen molar-refractivity contribution in [2.24, 2.45) is 0 Å². The third kappa shape index (κ3) is 5.79. The maximum atomic E-state index is 16.6. The van der Waals surface area contributed by atoms with Crippen LogP contribution in [0.15, 0.2) is 42.6 Å². The minimum absolute atomic E-state index is 0.00692. The number of aromatic nitrogens is 3. The number of carbonyl (C=O) groups is 1. The van der Waals surface area contributed by atoms with Crippen molar-refractivity contribution < 1.29 is 23.0 Å². The predicted octanol–water partition coefficient (Wildman–Crippen LogP) is 7.01. The van der Waals surface area contributed by atoms with Crippen LogP contribution >= 0.6 is 11.6 Å². The summed E-state index contributed by atoms with van der Waals surface area (Å²) < 4.78 is 42.8. The van der Waals surface area contributed by atoms with Gasteiger partial charge >= 0.3 is 12.1 Å². The molecule has 0 bridgehead atoms. The predicted molar refractivity (Wildman–Crippen MR) is 174 cm³/mol. The number of hydrogen-bond donors (Lipinski definition) is 1. The van der Waals surface area contributed by atoms with Gasteiger partial charge in [0.15, 0.2) is 5.82 Å².